The van der Waals surface area contributed by atoms with Gasteiger partial charge in [-0.3, -0.25) is 0 Å². The summed E-state index contributed by atoms with van der Waals surface area (Å²) in [6.07, 6.45) is 3.24. The second kappa shape index (κ2) is 5.38. The van der Waals surface area contributed by atoms with Crippen LogP contribution in [-0.4, -0.2) is 34.0 Å². The molecule has 0 unspecified atom stereocenters. The smallest absolute Gasteiger partial charge is 0.330 e. The Hall–Kier alpha value is -1.73. The number of hydrogen-bond donors (Lipinski definition) is 3. The van der Waals surface area contributed by atoms with Crippen LogP contribution in [0.2, 0.25) is 0 Å². The van der Waals surface area contributed by atoms with E-state index in [-0.39, 0.29) is 6.42 Å². The van der Waals surface area contributed by atoms with Crippen LogP contribution in [0.25, 0.3) is 0 Å². The highest BCUT2D eigenvalue weighted by atomic mass is 16.6. The van der Waals surface area contributed by atoms with Crippen LogP contribution in [0.1, 0.15) is 12.6 Å². The fraction of sp³-hybridized carbons (Fsp3) is 0.444. The molecule has 1 aromatic rings. The van der Waals surface area contributed by atoms with Crippen molar-refractivity contribution in [2.24, 2.45) is 11.5 Å². The summed E-state index contributed by atoms with van der Waals surface area (Å²) in [5.74, 6) is -1.58. The van der Waals surface area contributed by atoms with E-state index >= 15 is 0 Å². The molecular weight excluding hydrogens is 212 g/mol. The maximum Gasteiger partial charge on any atom is 0.330 e. The number of nitrogens with one attached hydrogen (secondary N) is 1. The lowest BCUT2D eigenvalue weighted by molar-refractivity contribution is -0.161. The first kappa shape index (κ1) is 12.3. The van der Waals surface area contributed by atoms with Crippen molar-refractivity contribution in [2.45, 2.75) is 25.4 Å². The normalized spacial score (nSPS) is 14.2. The van der Waals surface area contributed by atoms with Crippen LogP contribution in [0.3, 0.4) is 0 Å². The molecule has 1 rings (SSSR count). The zero-order chi connectivity index (χ0) is 12.1. The lowest BCUT2D eigenvalue weighted by atomic mass is 10.2. The number of imidazole rings is 1. The second-order valence-corrected chi connectivity index (χ2v) is 3.42. The van der Waals surface area contributed by atoms with Crippen molar-refractivity contribution in [2.75, 3.05) is 0 Å². The number of nitrogens with zero attached hydrogens (tertiary/aromatic N) is 1. The van der Waals surface area contributed by atoms with Gasteiger partial charge in [0.15, 0.2) is 0 Å². The number of aromatic nitrogens is 2. The Morgan fingerprint density at radius 3 is 2.69 bits per heavy atom. The molecular formula is C9H14N4O3. The van der Waals surface area contributed by atoms with Crippen LogP contribution in [0.15, 0.2) is 12.5 Å². The minimum Gasteiger partial charge on any atom is -0.391 e. The average molecular weight is 226 g/mol. The summed E-state index contributed by atoms with van der Waals surface area (Å²) in [5, 5.41) is 0. The summed E-state index contributed by atoms with van der Waals surface area (Å²) in [7, 11) is 0. The van der Waals surface area contributed by atoms with Crippen molar-refractivity contribution in [1.82, 2.24) is 9.97 Å². The summed E-state index contributed by atoms with van der Waals surface area (Å²) in [6.45, 7) is 1.43. The Balaban J connectivity index is 2.45. The monoisotopic (exact) mass is 226 g/mol. The van der Waals surface area contributed by atoms with Crippen LogP contribution in [-0.2, 0) is 20.7 Å². The van der Waals surface area contributed by atoms with Crippen LogP contribution >= 0.6 is 0 Å². The molecule has 0 bridgehead atoms. The highest BCUT2D eigenvalue weighted by Crippen LogP contribution is 1.99. The van der Waals surface area contributed by atoms with Crippen LogP contribution in [0, 0.1) is 0 Å². The second-order valence-electron chi connectivity index (χ2n) is 3.42. The summed E-state index contributed by atoms with van der Waals surface area (Å²) < 4.78 is 4.46. The standard InChI is InChI=1S/C9H14N4O3/c1-5(10)8(14)16-9(15)7(11)2-6-3-12-4-13-6/h3-5,7H,2,10-11H2,1H3,(H,12,13)/t5-,7-/m0/s1. The number of nitrogens with two attached hydrogens (primary N) is 2. The molecule has 7 nitrogen and oxygen atoms in total. The zero-order valence-corrected chi connectivity index (χ0v) is 8.84. The van der Waals surface area contributed by atoms with Gasteiger partial charge >= 0.3 is 11.9 Å². The number of carbonyl (C=O) groups is 2. The van der Waals surface area contributed by atoms with Gasteiger partial charge in [0.1, 0.15) is 12.1 Å². The van der Waals surface area contributed by atoms with Crippen LogP contribution in [0.5, 0.6) is 0 Å². The number of aromatic amines is 1. The van der Waals surface area contributed by atoms with E-state index in [1.54, 1.807) is 6.20 Å². The summed E-state index contributed by atoms with van der Waals surface area (Å²) >= 11 is 0. The van der Waals surface area contributed by atoms with Crippen molar-refractivity contribution >= 4 is 11.9 Å². The molecule has 1 heterocycles. The van der Waals surface area contributed by atoms with Gasteiger partial charge in [-0.05, 0) is 6.92 Å². The van der Waals surface area contributed by atoms with E-state index in [1.807, 2.05) is 0 Å². The maximum atomic E-state index is 11.3. The molecule has 0 aromatic carbocycles. The van der Waals surface area contributed by atoms with Gasteiger partial charge in [-0.25, -0.2) is 14.6 Å². The molecule has 16 heavy (non-hydrogen) atoms. The van der Waals surface area contributed by atoms with E-state index in [9.17, 15) is 9.59 Å². The maximum absolute atomic E-state index is 11.3. The minimum absolute atomic E-state index is 0.227. The first-order valence-electron chi connectivity index (χ1n) is 4.74. The molecule has 0 spiro atoms. The molecule has 0 radical (unpaired) electrons. The predicted molar refractivity (Wildman–Crippen MR) is 55.0 cm³/mol. The predicted octanol–water partition coefficient (Wildman–Crippen LogP) is -1.30. The molecule has 1 aromatic heterocycles. The van der Waals surface area contributed by atoms with Crippen molar-refractivity contribution < 1.29 is 14.3 Å². The fourth-order valence-electron chi connectivity index (χ4n) is 0.984. The third-order valence-corrected chi connectivity index (χ3v) is 1.87. The lowest BCUT2D eigenvalue weighted by Gasteiger charge is -2.10. The number of H-pyrrole nitrogens is 1. The highest BCUT2D eigenvalue weighted by molar-refractivity contribution is 5.90. The van der Waals surface area contributed by atoms with Gasteiger partial charge in [0.2, 0.25) is 0 Å². The van der Waals surface area contributed by atoms with Crippen molar-refractivity contribution in [1.29, 1.82) is 0 Å². The van der Waals surface area contributed by atoms with Gasteiger partial charge < -0.3 is 21.2 Å². The molecule has 88 valence electrons. The topological polar surface area (TPSA) is 124 Å². The number of rotatable bonds is 4. The largest absolute Gasteiger partial charge is 0.391 e. The van der Waals surface area contributed by atoms with Gasteiger partial charge in [0.25, 0.3) is 0 Å². The Labute approximate surface area is 92.2 Å². The third-order valence-electron chi connectivity index (χ3n) is 1.87. The zero-order valence-electron chi connectivity index (χ0n) is 8.84. The van der Waals surface area contributed by atoms with Crippen molar-refractivity contribution in [3.05, 3.63) is 18.2 Å². The summed E-state index contributed by atoms with van der Waals surface area (Å²) in [6, 6.07) is -1.76. The van der Waals surface area contributed by atoms with E-state index in [0.29, 0.717) is 5.69 Å². The molecule has 0 aliphatic heterocycles. The number of esters is 2. The van der Waals surface area contributed by atoms with Crippen molar-refractivity contribution in [3.63, 3.8) is 0 Å². The van der Waals surface area contributed by atoms with Gasteiger partial charge in [-0.15, -0.1) is 0 Å². The fourth-order valence-corrected chi connectivity index (χ4v) is 0.984. The number of hydrogen-bond acceptors (Lipinski definition) is 6. The Morgan fingerprint density at radius 2 is 2.19 bits per heavy atom. The SMILES string of the molecule is C[C@H](N)C(=O)OC(=O)[C@@H](N)Cc1cnc[nH]1. The van der Waals surface area contributed by atoms with Crippen LogP contribution in [0.4, 0.5) is 0 Å². The lowest BCUT2D eigenvalue weighted by Crippen LogP contribution is -2.39. The molecule has 5 N–H and O–H groups in total. The number of ether oxygens (including phenoxy) is 1. The van der Waals surface area contributed by atoms with E-state index in [1.165, 1.54) is 13.3 Å². The third kappa shape index (κ3) is 3.44. The molecule has 7 heteroatoms. The quantitative estimate of drug-likeness (QED) is 0.433. The summed E-state index contributed by atoms with van der Waals surface area (Å²) in [4.78, 5) is 28.9. The van der Waals surface area contributed by atoms with E-state index in [0.717, 1.165) is 0 Å². The molecule has 0 amide bonds. The highest BCUT2D eigenvalue weighted by Gasteiger charge is 2.21. The van der Waals surface area contributed by atoms with E-state index in [2.05, 4.69) is 14.7 Å². The molecule has 2 atom stereocenters. The van der Waals surface area contributed by atoms with E-state index in [4.69, 9.17) is 11.5 Å². The molecule has 0 saturated carbocycles. The number of carbonyl (C=O) groups excluding carboxylic acids is 2. The molecule has 0 fully saturated rings. The first-order chi connectivity index (χ1) is 7.50. The Bertz CT molecular complexity index is 361. The first-order valence-corrected chi connectivity index (χ1v) is 4.74. The molecule has 0 saturated heterocycles. The van der Waals surface area contributed by atoms with E-state index < -0.39 is 24.0 Å². The van der Waals surface area contributed by atoms with Crippen molar-refractivity contribution in [3.8, 4) is 0 Å². The Morgan fingerprint density at radius 1 is 1.50 bits per heavy atom. The molecule has 0 aliphatic carbocycles. The van der Waals surface area contributed by atoms with Gasteiger partial charge in [-0.2, -0.15) is 0 Å². The molecule has 0 aliphatic rings. The van der Waals surface area contributed by atoms with Gasteiger partial charge in [0, 0.05) is 18.3 Å². The van der Waals surface area contributed by atoms with Gasteiger partial charge in [-0.1, -0.05) is 0 Å². The Kier molecular flexibility index (Phi) is 4.15. The van der Waals surface area contributed by atoms with Crippen LogP contribution < -0.4 is 11.5 Å². The van der Waals surface area contributed by atoms with Gasteiger partial charge in [0.05, 0.1) is 6.33 Å². The average Bonchev–Trinajstić information content (AvgIpc) is 2.69. The summed E-state index contributed by atoms with van der Waals surface area (Å²) in [5.41, 5.74) is 11.5. The minimum atomic E-state index is -0.914.